The maximum absolute atomic E-state index is 4.96. The Morgan fingerprint density at radius 1 is 0.815 bits per heavy atom. The van der Waals surface area contributed by atoms with Gasteiger partial charge >= 0.3 is 0 Å². The minimum atomic E-state index is 0.315. The molecule has 4 aromatic rings. The number of anilines is 1. The molecule has 27 heavy (non-hydrogen) atoms. The monoisotopic (exact) mass is 386 g/mol. The SMILES string of the molecule is C1=C(c2ccccc2)CC(c2cccs2)N1c1nc(-c2ccccc2)cs1. The van der Waals surface area contributed by atoms with Crippen LogP contribution in [0.15, 0.2) is 89.8 Å². The quantitative estimate of drug-likeness (QED) is 0.381. The lowest BCUT2D eigenvalue weighted by Gasteiger charge is -2.21. The predicted octanol–water partition coefficient (Wildman–Crippen LogP) is 6.86. The molecule has 0 aliphatic carbocycles. The summed E-state index contributed by atoms with van der Waals surface area (Å²) in [5, 5.41) is 5.37. The highest BCUT2D eigenvalue weighted by molar-refractivity contribution is 7.14. The summed E-state index contributed by atoms with van der Waals surface area (Å²) in [4.78, 5) is 8.69. The highest BCUT2D eigenvalue weighted by atomic mass is 32.1. The van der Waals surface area contributed by atoms with Gasteiger partial charge in [-0.05, 0) is 22.6 Å². The molecule has 1 aliphatic heterocycles. The summed E-state index contributed by atoms with van der Waals surface area (Å²) in [6.45, 7) is 0. The van der Waals surface area contributed by atoms with Crippen LogP contribution < -0.4 is 4.90 Å². The lowest BCUT2D eigenvalue weighted by molar-refractivity contribution is 0.761. The summed E-state index contributed by atoms with van der Waals surface area (Å²) in [6.07, 6.45) is 3.29. The molecule has 0 fully saturated rings. The second-order valence-corrected chi connectivity index (χ2v) is 8.36. The lowest BCUT2D eigenvalue weighted by Crippen LogP contribution is -2.17. The zero-order chi connectivity index (χ0) is 18.1. The molecule has 3 heterocycles. The Morgan fingerprint density at radius 2 is 1.56 bits per heavy atom. The van der Waals surface area contributed by atoms with E-state index in [0.717, 1.165) is 17.2 Å². The van der Waals surface area contributed by atoms with E-state index in [4.69, 9.17) is 4.98 Å². The number of aromatic nitrogens is 1. The van der Waals surface area contributed by atoms with E-state index in [2.05, 4.69) is 88.6 Å². The van der Waals surface area contributed by atoms with Crippen molar-refractivity contribution < 1.29 is 0 Å². The van der Waals surface area contributed by atoms with Crippen LogP contribution in [-0.2, 0) is 0 Å². The van der Waals surface area contributed by atoms with Crippen molar-refractivity contribution in [2.45, 2.75) is 12.5 Å². The molecule has 0 bridgehead atoms. The maximum atomic E-state index is 4.96. The summed E-state index contributed by atoms with van der Waals surface area (Å²) < 4.78 is 0. The van der Waals surface area contributed by atoms with Crippen LogP contribution in [0.2, 0.25) is 0 Å². The van der Waals surface area contributed by atoms with Crippen molar-refractivity contribution in [3.63, 3.8) is 0 Å². The molecule has 0 saturated heterocycles. The number of hydrogen-bond donors (Lipinski definition) is 0. The summed E-state index contributed by atoms with van der Waals surface area (Å²) in [6, 6.07) is 25.7. The summed E-state index contributed by atoms with van der Waals surface area (Å²) >= 11 is 3.54. The van der Waals surface area contributed by atoms with Gasteiger partial charge in [-0.1, -0.05) is 66.7 Å². The molecule has 2 nitrogen and oxygen atoms in total. The largest absolute Gasteiger partial charge is 0.316 e. The third-order valence-corrected chi connectivity index (χ3v) is 6.67. The maximum Gasteiger partial charge on any atom is 0.190 e. The van der Waals surface area contributed by atoms with E-state index in [1.165, 1.54) is 21.6 Å². The van der Waals surface area contributed by atoms with Gasteiger partial charge in [-0.3, -0.25) is 0 Å². The highest BCUT2D eigenvalue weighted by Gasteiger charge is 2.30. The van der Waals surface area contributed by atoms with E-state index in [1.54, 1.807) is 11.3 Å². The average Bonchev–Trinajstić information content (AvgIpc) is 3.48. The normalized spacial score (nSPS) is 16.5. The van der Waals surface area contributed by atoms with Gasteiger partial charge in [0.25, 0.3) is 0 Å². The Hall–Kier alpha value is -2.69. The smallest absolute Gasteiger partial charge is 0.190 e. The van der Waals surface area contributed by atoms with Crippen molar-refractivity contribution >= 4 is 33.4 Å². The first-order valence-electron chi connectivity index (χ1n) is 8.97. The van der Waals surface area contributed by atoms with Gasteiger partial charge in [0.05, 0.1) is 11.7 Å². The van der Waals surface area contributed by atoms with E-state index in [0.29, 0.717) is 6.04 Å². The standard InChI is InChI=1S/C23H18N2S2/c1-3-8-17(9-4-1)19-14-21(22-12-7-13-26-22)25(15-19)23-24-20(16-27-23)18-10-5-2-6-11-18/h1-13,15-16,21H,14H2. The molecular formula is C23H18N2S2. The van der Waals surface area contributed by atoms with Crippen molar-refractivity contribution in [2.75, 3.05) is 4.90 Å². The zero-order valence-electron chi connectivity index (χ0n) is 14.7. The first-order valence-corrected chi connectivity index (χ1v) is 10.7. The fraction of sp³-hybridized carbons (Fsp3) is 0.0870. The van der Waals surface area contributed by atoms with Gasteiger partial charge in [-0.25, -0.2) is 4.98 Å². The molecule has 4 heteroatoms. The van der Waals surface area contributed by atoms with E-state index in [-0.39, 0.29) is 0 Å². The number of hydrogen-bond acceptors (Lipinski definition) is 4. The molecule has 1 atom stereocenters. The van der Waals surface area contributed by atoms with Gasteiger partial charge in [-0.15, -0.1) is 22.7 Å². The van der Waals surface area contributed by atoms with Crippen LogP contribution in [0.25, 0.3) is 16.8 Å². The number of thiophene rings is 1. The molecule has 0 N–H and O–H groups in total. The fourth-order valence-corrected chi connectivity index (χ4v) is 5.18. The number of nitrogens with zero attached hydrogens (tertiary/aromatic N) is 2. The Labute approximate surface area is 167 Å². The number of thiazole rings is 1. The fourth-order valence-electron chi connectivity index (χ4n) is 3.49. The van der Waals surface area contributed by atoms with Crippen LogP contribution in [0.5, 0.6) is 0 Å². The van der Waals surface area contributed by atoms with Gasteiger partial charge in [0, 0.05) is 28.4 Å². The molecule has 0 amide bonds. The first-order chi connectivity index (χ1) is 13.4. The van der Waals surface area contributed by atoms with Crippen LogP contribution in [0.3, 0.4) is 0 Å². The molecule has 132 valence electrons. The molecule has 2 aromatic carbocycles. The van der Waals surface area contributed by atoms with E-state index in [1.807, 2.05) is 17.4 Å². The van der Waals surface area contributed by atoms with Crippen molar-refractivity contribution in [1.82, 2.24) is 4.98 Å². The van der Waals surface area contributed by atoms with Gasteiger partial charge < -0.3 is 4.90 Å². The van der Waals surface area contributed by atoms with Gasteiger partial charge in [-0.2, -0.15) is 0 Å². The van der Waals surface area contributed by atoms with Crippen LogP contribution in [0.4, 0.5) is 5.13 Å². The molecule has 1 aliphatic rings. The molecular weight excluding hydrogens is 368 g/mol. The van der Waals surface area contributed by atoms with Crippen LogP contribution in [0.1, 0.15) is 22.9 Å². The van der Waals surface area contributed by atoms with E-state index >= 15 is 0 Å². The first kappa shape index (κ1) is 16.5. The average molecular weight is 387 g/mol. The Morgan fingerprint density at radius 3 is 2.26 bits per heavy atom. The molecule has 5 rings (SSSR count). The minimum absolute atomic E-state index is 0.315. The van der Waals surface area contributed by atoms with Gasteiger partial charge in [0.1, 0.15) is 0 Å². The summed E-state index contributed by atoms with van der Waals surface area (Å²) in [5.74, 6) is 0. The minimum Gasteiger partial charge on any atom is -0.316 e. The topological polar surface area (TPSA) is 16.1 Å². The third-order valence-electron chi connectivity index (χ3n) is 4.84. The van der Waals surface area contributed by atoms with Crippen LogP contribution in [0, 0.1) is 0 Å². The molecule has 0 spiro atoms. The van der Waals surface area contributed by atoms with Crippen molar-refractivity contribution in [2.24, 2.45) is 0 Å². The molecule has 1 unspecified atom stereocenters. The van der Waals surface area contributed by atoms with Crippen molar-refractivity contribution in [3.8, 4) is 11.3 Å². The Kier molecular flexibility index (Phi) is 4.36. The number of rotatable bonds is 4. The zero-order valence-corrected chi connectivity index (χ0v) is 16.3. The second kappa shape index (κ2) is 7.14. The van der Waals surface area contributed by atoms with Crippen LogP contribution in [-0.4, -0.2) is 4.98 Å². The predicted molar refractivity (Wildman–Crippen MR) is 116 cm³/mol. The van der Waals surface area contributed by atoms with Gasteiger partial charge in [0.2, 0.25) is 0 Å². The molecule has 2 aromatic heterocycles. The summed E-state index contributed by atoms with van der Waals surface area (Å²) in [7, 11) is 0. The van der Waals surface area contributed by atoms with Gasteiger partial charge in [0.15, 0.2) is 5.13 Å². The van der Waals surface area contributed by atoms with E-state index < -0.39 is 0 Å². The van der Waals surface area contributed by atoms with Crippen LogP contribution >= 0.6 is 22.7 Å². The second-order valence-electron chi connectivity index (χ2n) is 6.54. The Bertz CT molecular complexity index is 1050. The van der Waals surface area contributed by atoms with Crippen molar-refractivity contribution in [1.29, 1.82) is 0 Å². The van der Waals surface area contributed by atoms with Crippen molar-refractivity contribution in [3.05, 3.63) is 100 Å². The highest BCUT2D eigenvalue weighted by Crippen LogP contribution is 2.44. The number of benzene rings is 2. The third kappa shape index (κ3) is 3.22. The lowest BCUT2D eigenvalue weighted by atomic mass is 10.0. The van der Waals surface area contributed by atoms with E-state index in [9.17, 15) is 0 Å². The molecule has 0 radical (unpaired) electrons. The summed E-state index contributed by atoms with van der Waals surface area (Å²) in [5.41, 5.74) is 4.87. The molecule has 0 saturated carbocycles. The Balaban J connectivity index is 1.53.